The third-order valence-electron chi connectivity index (χ3n) is 7.11. The number of hydrogen-bond acceptors (Lipinski definition) is 3. The van der Waals surface area contributed by atoms with Gasteiger partial charge in [0.2, 0.25) is 5.91 Å². The van der Waals surface area contributed by atoms with Crippen LogP contribution in [0.4, 0.5) is 5.69 Å². The van der Waals surface area contributed by atoms with Gasteiger partial charge >= 0.3 is 0 Å². The highest BCUT2D eigenvalue weighted by atomic mass is 16.3. The number of hydrogen-bond donors (Lipinski definition) is 2. The highest BCUT2D eigenvalue weighted by molar-refractivity contribution is 5.97. The van der Waals surface area contributed by atoms with Crippen LogP contribution in [0.25, 0.3) is 0 Å². The molecule has 0 aromatic heterocycles. The molecule has 0 bridgehead atoms. The lowest BCUT2D eigenvalue weighted by Crippen LogP contribution is -2.38. The van der Waals surface area contributed by atoms with Crippen LogP contribution in [0.15, 0.2) is 48.5 Å². The fourth-order valence-corrected chi connectivity index (χ4v) is 5.28. The summed E-state index contributed by atoms with van der Waals surface area (Å²) in [6.07, 6.45) is 7.76. The van der Waals surface area contributed by atoms with E-state index in [0.29, 0.717) is 12.3 Å². The van der Waals surface area contributed by atoms with E-state index in [1.165, 1.54) is 37.7 Å². The van der Waals surface area contributed by atoms with Crippen molar-refractivity contribution < 1.29 is 15.0 Å². The Morgan fingerprint density at radius 3 is 2.45 bits per heavy atom. The quantitative estimate of drug-likeness (QED) is 0.664. The maximum atomic E-state index is 12.7. The molecule has 4 nitrogen and oxygen atoms in total. The summed E-state index contributed by atoms with van der Waals surface area (Å²) in [5.74, 6) is 0.571. The van der Waals surface area contributed by atoms with Gasteiger partial charge < -0.3 is 15.1 Å². The van der Waals surface area contributed by atoms with Crippen molar-refractivity contribution in [1.82, 2.24) is 0 Å². The molecule has 2 N–H and O–H groups in total. The Bertz CT molecular complexity index is 872. The Labute approximate surface area is 185 Å². The molecule has 2 aromatic rings. The van der Waals surface area contributed by atoms with Gasteiger partial charge in [-0.3, -0.25) is 4.79 Å². The first-order valence-electron chi connectivity index (χ1n) is 11.9. The van der Waals surface area contributed by atoms with Crippen LogP contribution >= 0.6 is 0 Å². The Balaban J connectivity index is 1.47. The van der Waals surface area contributed by atoms with E-state index < -0.39 is 12.2 Å². The van der Waals surface area contributed by atoms with Gasteiger partial charge in [0.15, 0.2) is 0 Å². The highest BCUT2D eigenvalue weighted by Crippen LogP contribution is 2.34. The lowest BCUT2D eigenvalue weighted by atomic mass is 9.84. The molecule has 4 rings (SSSR count). The Kier molecular flexibility index (Phi) is 7.09. The molecule has 31 heavy (non-hydrogen) atoms. The number of amides is 1. The molecule has 1 amide bonds. The average molecular weight is 422 g/mol. The van der Waals surface area contributed by atoms with Gasteiger partial charge in [-0.2, -0.15) is 0 Å². The molecule has 4 heteroatoms. The molecule has 1 aliphatic heterocycles. The van der Waals surface area contributed by atoms with E-state index in [0.717, 1.165) is 29.7 Å². The number of rotatable bonds is 7. The normalized spacial score (nSPS) is 23.3. The van der Waals surface area contributed by atoms with Gasteiger partial charge in [-0.1, -0.05) is 75.4 Å². The van der Waals surface area contributed by atoms with E-state index in [1.54, 1.807) is 4.90 Å². The number of carbonyl (C=O) groups excluding carboxylic acids is 1. The summed E-state index contributed by atoms with van der Waals surface area (Å²) < 4.78 is 0. The van der Waals surface area contributed by atoms with E-state index in [-0.39, 0.29) is 18.4 Å². The van der Waals surface area contributed by atoms with Crippen molar-refractivity contribution in [3.8, 4) is 0 Å². The van der Waals surface area contributed by atoms with E-state index in [2.05, 4.69) is 25.1 Å². The van der Waals surface area contributed by atoms with Crippen LogP contribution in [0.2, 0.25) is 0 Å². The van der Waals surface area contributed by atoms with Gasteiger partial charge in [0, 0.05) is 5.69 Å². The van der Waals surface area contributed by atoms with Crippen molar-refractivity contribution in [3.63, 3.8) is 0 Å². The summed E-state index contributed by atoms with van der Waals surface area (Å²) in [6, 6.07) is 15.8. The SMILES string of the molecule is CCc1cccc(CC2C(O)CC(=O)N2c2ccc(C(O)CC3CCCCC3)cc2)c1. The molecule has 3 atom stereocenters. The molecule has 3 unspecified atom stereocenters. The van der Waals surface area contributed by atoms with Gasteiger partial charge in [0.25, 0.3) is 0 Å². The summed E-state index contributed by atoms with van der Waals surface area (Å²) in [6.45, 7) is 2.13. The van der Waals surface area contributed by atoms with Crippen molar-refractivity contribution >= 4 is 11.6 Å². The third kappa shape index (κ3) is 5.19. The monoisotopic (exact) mass is 421 g/mol. The van der Waals surface area contributed by atoms with Crippen molar-refractivity contribution in [2.24, 2.45) is 5.92 Å². The molecule has 1 heterocycles. The first-order valence-corrected chi connectivity index (χ1v) is 11.9. The minimum atomic E-state index is -0.672. The van der Waals surface area contributed by atoms with E-state index in [4.69, 9.17) is 0 Å². The predicted molar refractivity (Wildman–Crippen MR) is 124 cm³/mol. The number of aryl methyl sites for hydroxylation is 1. The van der Waals surface area contributed by atoms with Gasteiger partial charge in [-0.25, -0.2) is 0 Å². The Morgan fingerprint density at radius 2 is 1.74 bits per heavy atom. The molecule has 166 valence electrons. The zero-order valence-corrected chi connectivity index (χ0v) is 18.5. The maximum Gasteiger partial charge on any atom is 0.230 e. The minimum absolute atomic E-state index is 0.0420. The molecule has 0 radical (unpaired) electrons. The molecule has 1 aliphatic carbocycles. The third-order valence-corrected chi connectivity index (χ3v) is 7.11. The van der Waals surface area contributed by atoms with Crippen LogP contribution < -0.4 is 4.90 Å². The Morgan fingerprint density at radius 1 is 1.03 bits per heavy atom. The zero-order chi connectivity index (χ0) is 21.8. The van der Waals surface area contributed by atoms with Crippen molar-refractivity contribution in [2.75, 3.05) is 4.90 Å². The van der Waals surface area contributed by atoms with E-state index in [1.807, 2.05) is 30.3 Å². The van der Waals surface area contributed by atoms with Crippen LogP contribution in [0.5, 0.6) is 0 Å². The molecule has 2 fully saturated rings. The number of anilines is 1. The minimum Gasteiger partial charge on any atom is -0.390 e. The smallest absolute Gasteiger partial charge is 0.230 e. The highest BCUT2D eigenvalue weighted by Gasteiger charge is 2.39. The summed E-state index contributed by atoms with van der Waals surface area (Å²) in [7, 11) is 0. The second kappa shape index (κ2) is 9.97. The van der Waals surface area contributed by atoms with Gasteiger partial charge in [0.05, 0.1) is 24.7 Å². The summed E-state index contributed by atoms with van der Waals surface area (Å²) >= 11 is 0. The molecule has 0 spiro atoms. The lowest BCUT2D eigenvalue weighted by molar-refractivity contribution is -0.117. The molecular weight excluding hydrogens is 386 g/mol. The summed E-state index contributed by atoms with van der Waals surface area (Å²) in [5.41, 5.74) is 4.11. The first-order chi connectivity index (χ1) is 15.0. The average Bonchev–Trinajstić information content (AvgIpc) is 3.07. The second-order valence-corrected chi connectivity index (χ2v) is 9.33. The molecule has 1 saturated carbocycles. The van der Waals surface area contributed by atoms with Gasteiger partial charge in [0.1, 0.15) is 0 Å². The molecule has 2 aliphatic rings. The molecule has 1 saturated heterocycles. The standard InChI is InChI=1S/C27H35NO3/c1-2-19-9-6-10-21(15-19)16-24-26(30)18-27(31)28(24)23-13-11-22(12-14-23)25(29)17-20-7-4-3-5-8-20/h6,9-15,20,24-26,29-30H,2-5,7-8,16-18H2,1H3. The summed E-state index contributed by atoms with van der Waals surface area (Å²) in [5, 5.41) is 21.3. The van der Waals surface area contributed by atoms with Crippen molar-refractivity contribution in [1.29, 1.82) is 0 Å². The fraction of sp³-hybridized carbons (Fsp3) is 0.519. The summed E-state index contributed by atoms with van der Waals surface area (Å²) in [4.78, 5) is 14.5. The van der Waals surface area contributed by atoms with Crippen molar-refractivity contribution in [3.05, 3.63) is 65.2 Å². The number of carbonyl (C=O) groups is 1. The van der Waals surface area contributed by atoms with Crippen LogP contribution in [0.3, 0.4) is 0 Å². The molecule has 2 aromatic carbocycles. The fourth-order valence-electron chi connectivity index (χ4n) is 5.28. The number of aliphatic hydroxyl groups excluding tert-OH is 2. The predicted octanol–water partition coefficient (Wildman–Crippen LogP) is 4.96. The Hall–Kier alpha value is -2.17. The first kappa shape index (κ1) is 22.0. The zero-order valence-electron chi connectivity index (χ0n) is 18.5. The number of benzene rings is 2. The van der Waals surface area contributed by atoms with Crippen LogP contribution in [0.1, 0.15) is 74.7 Å². The van der Waals surface area contributed by atoms with Gasteiger partial charge in [-0.15, -0.1) is 0 Å². The molecular formula is C27H35NO3. The van der Waals surface area contributed by atoms with Crippen LogP contribution in [0, 0.1) is 5.92 Å². The van der Waals surface area contributed by atoms with Crippen LogP contribution in [-0.2, 0) is 17.6 Å². The van der Waals surface area contributed by atoms with Crippen molar-refractivity contribution in [2.45, 2.75) is 83.0 Å². The number of aliphatic hydroxyl groups is 2. The maximum absolute atomic E-state index is 12.7. The second-order valence-electron chi connectivity index (χ2n) is 9.33. The lowest BCUT2D eigenvalue weighted by Gasteiger charge is -2.27. The van der Waals surface area contributed by atoms with Crippen LogP contribution in [-0.4, -0.2) is 28.3 Å². The van der Waals surface area contributed by atoms with Gasteiger partial charge in [-0.05, 0) is 54.0 Å². The van der Waals surface area contributed by atoms with E-state index in [9.17, 15) is 15.0 Å². The number of nitrogens with zero attached hydrogens (tertiary/aromatic N) is 1. The topological polar surface area (TPSA) is 60.8 Å². The largest absolute Gasteiger partial charge is 0.390 e. The van der Waals surface area contributed by atoms with E-state index >= 15 is 0 Å².